The Morgan fingerprint density at radius 3 is 2.91 bits per heavy atom. The fraction of sp³-hybridized carbons (Fsp3) is 0.588. The Labute approximate surface area is 137 Å². The molecule has 0 saturated carbocycles. The predicted molar refractivity (Wildman–Crippen MR) is 90.9 cm³/mol. The number of carbonyl (C=O) groups excluding carboxylic acids is 1. The van der Waals surface area contributed by atoms with Crippen molar-refractivity contribution in [3.05, 3.63) is 23.8 Å². The Morgan fingerprint density at radius 1 is 1.48 bits per heavy atom. The van der Waals surface area contributed by atoms with E-state index in [0.29, 0.717) is 25.0 Å². The monoisotopic (exact) mass is 318 g/mol. The molecule has 2 atom stereocenters. The zero-order chi connectivity index (χ0) is 16.8. The van der Waals surface area contributed by atoms with Gasteiger partial charge in [-0.25, -0.2) is 4.79 Å². The largest absolute Gasteiger partial charge is 0.415 e. The Morgan fingerprint density at radius 2 is 2.22 bits per heavy atom. The van der Waals surface area contributed by atoms with Gasteiger partial charge in [0.15, 0.2) is 0 Å². The molecule has 1 saturated heterocycles. The first-order chi connectivity index (χ1) is 10.9. The van der Waals surface area contributed by atoms with Crippen LogP contribution in [-0.2, 0) is 5.41 Å². The van der Waals surface area contributed by atoms with Crippen LogP contribution in [0.2, 0.25) is 0 Å². The first-order valence-corrected chi connectivity index (χ1v) is 8.09. The number of benzene rings is 1. The quantitative estimate of drug-likeness (QED) is 0.914. The van der Waals surface area contributed by atoms with Gasteiger partial charge in [0.05, 0.1) is 6.17 Å². The lowest BCUT2D eigenvalue weighted by molar-refractivity contribution is 0.164. The highest BCUT2D eigenvalue weighted by Crippen LogP contribution is 2.51. The number of nitrogens with zero attached hydrogens (tertiary/aromatic N) is 3. The molecule has 0 radical (unpaired) electrons. The Balaban J connectivity index is 1.87. The molecule has 126 valence electrons. The van der Waals surface area contributed by atoms with Crippen molar-refractivity contribution in [3.8, 4) is 5.75 Å². The van der Waals surface area contributed by atoms with E-state index in [0.717, 1.165) is 13.0 Å². The fourth-order valence-electron chi connectivity index (χ4n) is 4.08. The number of likely N-dealkylation sites (tertiary alicyclic amines) is 1. The number of rotatable bonds is 3. The van der Waals surface area contributed by atoms with Crippen LogP contribution in [-0.4, -0.2) is 62.8 Å². The van der Waals surface area contributed by atoms with Gasteiger partial charge in [-0.2, -0.15) is 0 Å². The molecule has 0 spiro atoms. The van der Waals surface area contributed by atoms with E-state index in [2.05, 4.69) is 36.9 Å². The van der Waals surface area contributed by atoms with E-state index < -0.39 is 0 Å². The van der Waals surface area contributed by atoms with Gasteiger partial charge in [-0.05, 0) is 37.2 Å². The standard InChI is InChI=1S/C17H26N4O2/c1-17-7-9-19(2)15(17)21(4)14-6-5-12(11-13(14)17)23-16(22)20(3)10-8-18/h5-6,11,15H,7-10,18H2,1-4H3. The molecule has 2 aliphatic heterocycles. The molecular formula is C17H26N4O2. The summed E-state index contributed by atoms with van der Waals surface area (Å²) >= 11 is 0. The van der Waals surface area contributed by atoms with Crippen molar-refractivity contribution in [2.75, 3.05) is 45.7 Å². The highest BCUT2D eigenvalue weighted by atomic mass is 16.6. The lowest BCUT2D eigenvalue weighted by Crippen LogP contribution is -2.45. The number of nitrogens with two attached hydrogens (primary N) is 1. The van der Waals surface area contributed by atoms with E-state index >= 15 is 0 Å². The molecular weight excluding hydrogens is 292 g/mol. The van der Waals surface area contributed by atoms with Gasteiger partial charge in [-0.3, -0.25) is 4.90 Å². The zero-order valence-corrected chi connectivity index (χ0v) is 14.4. The van der Waals surface area contributed by atoms with Crippen LogP contribution in [0.3, 0.4) is 0 Å². The third kappa shape index (κ3) is 2.46. The second-order valence-corrected chi connectivity index (χ2v) is 6.89. The average molecular weight is 318 g/mol. The molecule has 1 fully saturated rings. The SMILES string of the molecule is CN(CCN)C(=O)Oc1ccc2c(c1)C1(C)CCN(C)C1N2C. The van der Waals surface area contributed by atoms with Gasteiger partial charge >= 0.3 is 6.09 Å². The Bertz CT molecular complexity index is 621. The molecule has 0 aliphatic carbocycles. The summed E-state index contributed by atoms with van der Waals surface area (Å²) in [6.07, 6.45) is 1.10. The van der Waals surface area contributed by atoms with Crippen molar-refractivity contribution >= 4 is 11.8 Å². The van der Waals surface area contributed by atoms with Gasteiger partial charge in [0.2, 0.25) is 0 Å². The number of anilines is 1. The number of carbonyl (C=O) groups is 1. The molecule has 6 nitrogen and oxygen atoms in total. The number of ether oxygens (including phenoxy) is 1. The second kappa shape index (κ2) is 5.69. The van der Waals surface area contributed by atoms with Gasteiger partial charge in [0.25, 0.3) is 0 Å². The van der Waals surface area contributed by atoms with Crippen LogP contribution in [0.4, 0.5) is 10.5 Å². The lowest BCUT2D eigenvalue weighted by atomic mass is 9.81. The molecule has 1 aromatic rings. The first-order valence-electron chi connectivity index (χ1n) is 8.09. The van der Waals surface area contributed by atoms with Crippen LogP contribution in [0.5, 0.6) is 5.75 Å². The maximum Gasteiger partial charge on any atom is 0.415 e. The van der Waals surface area contributed by atoms with Crippen molar-refractivity contribution in [2.45, 2.75) is 24.9 Å². The van der Waals surface area contributed by atoms with Gasteiger partial charge in [0.1, 0.15) is 5.75 Å². The molecule has 0 aromatic heterocycles. The summed E-state index contributed by atoms with van der Waals surface area (Å²) in [5.41, 5.74) is 8.04. The molecule has 1 aromatic carbocycles. The summed E-state index contributed by atoms with van der Waals surface area (Å²) in [5.74, 6) is 0.599. The van der Waals surface area contributed by atoms with Crippen LogP contribution < -0.4 is 15.4 Å². The topological polar surface area (TPSA) is 62.0 Å². The van der Waals surface area contributed by atoms with E-state index in [-0.39, 0.29) is 11.5 Å². The van der Waals surface area contributed by atoms with Crippen molar-refractivity contribution in [1.82, 2.24) is 9.80 Å². The van der Waals surface area contributed by atoms with Gasteiger partial charge in [-0.15, -0.1) is 0 Å². The fourth-order valence-corrected chi connectivity index (χ4v) is 4.08. The third-order valence-electron chi connectivity index (χ3n) is 5.28. The van der Waals surface area contributed by atoms with E-state index in [1.165, 1.54) is 16.2 Å². The summed E-state index contributed by atoms with van der Waals surface area (Å²) in [6.45, 7) is 4.29. The van der Waals surface area contributed by atoms with Crippen LogP contribution >= 0.6 is 0 Å². The lowest BCUT2D eigenvalue weighted by Gasteiger charge is -2.32. The molecule has 2 aliphatic rings. The molecule has 0 bridgehead atoms. The molecule has 2 heterocycles. The predicted octanol–water partition coefficient (Wildman–Crippen LogP) is 1.44. The average Bonchev–Trinajstić information content (AvgIpc) is 2.93. The molecule has 2 unspecified atom stereocenters. The van der Waals surface area contributed by atoms with Crippen molar-refractivity contribution in [3.63, 3.8) is 0 Å². The number of hydrogen-bond acceptors (Lipinski definition) is 5. The van der Waals surface area contributed by atoms with E-state index in [1.54, 1.807) is 7.05 Å². The maximum absolute atomic E-state index is 12.1. The first kappa shape index (κ1) is 16.1. The van der Waals surface area contributed by atoms with Crippen LogP contribution in [0.25, 0.3) is 0 Å². The Hall–Kier alpha value is -1.79. The highest BCUT2D eigenvalue weighted by Gasteiger charge is 2.52. The third-order valence-corrected chi connectivity index (χ3v) is 5.28. The number of amides is 1. The Kier molecular flexibility index (Phi) is 3.98. The van der Waals surface area contributed by atoms with Crippen LogP contribution in [0.1, 0.15) is 18.9 Å². The van der Waals surface area contributed by atoms with Gasteiger partial charge in [-0.1, -0.05) is 6.92 Å². The van der Waals surface area contributed by atoms with Gasteiger partial charge in [0, 0.05) is 44.8 Å². The summed E-state index contributed by atoms with van der Waals surface area (Å²) in [5, 5.41) is 0. The summed E-state index contributed by atoms with van der Waals surface area (Å²) in [6, 6.07) is 5.95. The number of hydrogen-bond donors (Lipinski definition) is 1. The van der Waals surface area contributed by atoms with Crippen LogP contribution in [0, 0.1) is 0 Å². The van der Waals surface area contributed by atoms with E-state index in [1.807, 2.05) is 12.1 Å². The second-order valence-electron chi connectivity index (χ2n) is 6.89. The molecule has 23 heavy (non-hydrogen) atoms. The summed E-state index contributed by atoms with van der Waals surface area (Å²) in [7, 11) is 6.00. The molecule has 2 N–H and O–H groups in total. The normalized spacial score (nSPS) is 26.1. The van der Waals surface area contributed by atoms with Crippen molar-refractivity contribution < 1.29 is 9.53 Å². The summed E-state index contributed by atoms with van der Waals surface area (Å²) < 4.78 is 5.51. The number of likely N-dealkylation sites (N-methyl/N-ethyl adjacent to an activating group) is 3. The van der Waals surface area contributed by atoms with Crippen LogP contribution in [0.15, 0.2) is 18.2 Å². The zero-order valence-electron chi connectivity index (χ0n) is 14.4. The van der Waals surface area contributed by atoms with Crippen molar-refractivity contribution in [2.24, 2.45) is 5.73 Å². The maximum atomic E-state index is 12.1. The van der Waals surface area contributed by atoms with E-state index in [4.69, 9.17) is 10.5 Å². The molecule has 1 amide bonds. The minimum atomic E-state index is -0.369. The minimum Gasteiger partial charge on any atom is -0.410 e. The molecule has 6 heteroatoms. The number of fused-ring (bicyclic) bond motifs is 3. The smallest absolute Gasteiger partial charge is 0.410 e. The molecule has 3 rings (SSSR count). The highest BCUT2D eigenvalue weighted by molar-refractivity contribution is 5.72. The minimum absolute atomic E-state index is 0.0738. The van der Waals surface area contributed by atoms with Crippen molar-refractivity contribution in [1.29, 1.82) is 0 Å². The van der Waals surface area contributed by atoms with E-state index in [9.17, 15) is 4.79 Å². The van der Waals surface area contributed by atoms with Gasteiger partial charge < -0.3 is 20.3 Å². The summed E-state index contributed by atoms with van der Waals surface area (Å²) in [4.78, 5) is 18.3.